The molecule has 0 aliphatic heterocycles. The van der Waals surface area contributed by atoms with Gasteiger partial charge in [0.2, 0.25) is 5.91 Å². The lowest BCUT2D eigenvalue weighted by Crippen LogP contribution is -2.53. The van der Waals surface area contributed by atoms with Crippen molar-refractivity contribution in [3.63, 3.8) is 0 Å². The molecular weight excluding hydrogens is 851 g/mol. The lowest BCUT2D eigenvalue weighted by atomic mass is 10.00. The maximum Gasteiger partial charge on any atom is 0.249 e. The molecule has 0 aromatic rings. The first-order valence-electron chi connectivity index (χ1n) is 30.9. The van der Waals surface area contributed by atoms with E-state index < -0.39 is 36.9 Å². The van der Waals surface area contributed by atoms with E-state index in [1.165, 1.54) is 257 Å². The van der Waals surface area contributed by atoms with Crippen molar-refractivity contribution in [3.05, 3.63) is 36.5 Å². The Bertz CT molecular complexity index is 1090. The van der Waals surface area contributed by atoms with Gasteiger partial charge in [0.15, 0.2) is 0 Å². The summed E-state index contributed by atoms with van der Waals surface area (Å²) in [6, 6.07) is -1.01. The summed E-state index contributed by atoms with van der Waals surface area (Å²) in [6.07, 6.45) is 72.4. The first-order valence-corrected chi connectivity index (χ1v) is 30.9. The van der Waals surface area contributed by atoms with Crippen LogP contribution in [0.25, 0.3) is 0 Å². The lowest BCUT2D eigenvalue weighted by molar-refractivity contribution is -0.132. The number of amides is 1. The Labute approximate surface area is 430 Å². The van der Waals surface area contributed by atoms with Crippen molar-refractivity contribution < 1.29 is 25.2 Å². The number of aliphatic hydroxyl groups excluding tert-OH is 4. The SMILES string of the molecule is CCCCCCCCCCCCCC/C=C\CCCCCCCCCCCCCCCCCC(O)C(=O)NC(CO)C(O)C(O)CCC/C=C/CC/C=C/CCCCCCCCCCCCCCC. The van der Waals surface area contributed by atoms with Crippen molar-refractivity contribution in [2.75, 3.05) is 6.61 Å². The second-order valence-electron chi connectivity index (χ2n) is 21.4. The average molecular weight is 973 g/mol. The number of aliphatic hydroxyl groups is 4. The Morgan fingerprint density at radius 3 is 0.913 bits per heavy atom. The Balaban J connectivity index is 3.62. The predicted molar refractivity (Wildman–Crippen MR) is 302 cm³/mol. The van der Waals surface area contributed by atoms with Gasteiger partial charge in [-0.2, -0.15) is 0 Å². The van der Waals surface area contributed by atoms with Gasteiger partial charge in [-0.15, -0.1) is 0 Å². The number of allylic oxidation sites excluding steroid dienone is 6. The second kappa shape index (κ2) is 57.4. The average Bonchev–Trinajstić information content (AvgIpc) is 3.35. The van der Waals surface area contributed by atoms with E-state index in [4.69, 9.17) is 0 Å². The van der Waals surface area contributed by atoms with Gasteiger partial charge in [0.1, 0.15) is 12.2 Å². The summed E-state index contributed by atoms with van der Waals surface area (Å²) < 4.78 is 0. The third-order valence-electron chi connectivity index (χ3n) is 14.6. The monoisotopic (exact) mass is 972 g/mol. The normalized spacial score (nSPS) is 13.9. The number of hydrogen-bond acceptors (Lipinski definition) is 5. The Kier molecular flexibility index (Phi) is 56.2. The molecule has 0 aliphatic carbocycles. The first kappa shape index (κ1) is 67.5. The number of rotatable bonds is 57. The first-order chi connectivity index (χ1) is 34.0. The summed E-state index contributed by atoms with van der Waals surface area (Å²) in [7, 11) is 0. The van der Waals surface area contributed by atoms with E-state index in [-0.39, 0.29) is 0 Å². The highest BCUT2D eigenvalue weighted by molar-refractivity contribution is 5.80. The third kappa shape index (κ3) is 51.2. The summed E-state index contributed by atoms with van der Waals surface area (Å²) in [6.45, 7) is 4.08. The quantitative estimate of drug-likeness (QED) is 0.0308. The summed E-state index contributed by atoms with van der Waals surface area (Å²) in [5, 5.41) is 44.0. The highest BCUT2D eigenvalue weighted by atomic mass is 16.3. The van der Waals surface area contributed by atoms with E-state index in [1.54, 1.807) is 0 Å². The van der Waals surface area contributed by atoms with Crippen LogP contribution in [0.5, 0.6) is 0 Å². The molecular formula is C63H121NO5. The van der Waals surface area contributed by atoms with Gasteiger partial charge in [0, 0.05) is 0 Å². The number of nitrogens with one attached hydrogen (secondary N) is 1. The molecule has 0 saturated carbocycles. The lowest BCUT2D eigenvalue weighted by Gasteiger charge is -2.27. The van der Waals surface area contributed by atoms with Crippen LogP contribution in [0.4, 0.5) is 0 Å². The van der Waals surface area contributed by atoms with Gasteiger partial charge in [-0.1, -0.05) is 288 Å². The van der Waals surface area contributed by atoms with Gasteiger partial charge >= 0.3 is 0 Å². The molecule has 0 bridgehead atoms. The minimum absolute atomic E-state index is 0.362. The van der Waals surface area contributed by atoms with Crippen molar-refractivity contribution in [1.29, 1.82) is 0 Å². The van der Waals surface area contributed by atoms with Crippen LogP contribution in [0.1, 0.15) is 328 Å². The van der Waals surface area contributed by atoms with Crippen LogP contribution in [-0.2, 0) is 4.79 Å². The number of unbranched alkanes of at least 4 members (excludes halogenated alkanes) is 42. The molecule has 1 amide bonds. The van der Waals surface area contributed by atoms with Crippen LogP contribution in [0.2, 0.25) is 0 Å². The molecule has 0 aliphatic rings. The van der Waals surface area contributed by atoms with Crippen LogP contribution in [0, 0.1) is 0 Å². The molecule has 0 spiro atoms. The molecule has 0 fully saturated rings. The molecule has 0 radical (unpaired) electrons. The summed E-state index contributed by atoms with van der Waals surface area (Å²) >= 11 is 0. The van der Waals surface area contributed by atoms with E-state index in [0.29, 0.717) is 19.3 Å². The van der Waals surface area contributed by atoms with Crippen molar-refractivity contribution in [2.24, 2.45) is 0 Å². The zero-order valence-electron chi connectivity index (χ0n) is 46.3. The second-order valence-corrected chi connectivity index (χ2v) is 21.4. The minimum atomic E-state index is -1.29. The van der Waals surface area contributed by atoms with Gasteiger partial charge in [-0.05, 0) is 77.0 Å². The fraction of sp³-hybridized carbons (Fsp3) is 0.889. The van der Waals surface area contributed by atoms with Gasteiger partial charge < -0.3 is 25.7 Å². The molecule has 4 atom stereocenters. The third-order valence-corrected chi connectivity index (χ3v) is 14.6. The van der Waals surface area contributed by atoms with Crippen LogP contribution < -0.4 is 5.32 Å². The Morgan fingerprint density at radius 2 is 0.609 bits per heavy atom. The smallest absolute Gasteiger partial charge is 0.249 e. The van der Waals surface area contributed by atoms with Crippen molar-refractivity contribution in [1.82, 2.24) is 5.32 Å². The largest absolute Gasteiger partial charge is 0.394 e. The number of hydrogen-bond donors (Lipinski definition) is 5. The van der Waals surface area contributed by atoms with Crippen LogP contribution in [0.3, 0.4) is 0 Å². The molecule has 6 nitrogen and oxygen atoms in total. The van der Waals surface area contributed by atoms with Crippen LogP contribution >= 0.6 is 0 Å². The van der Waals surface area contributed by atoms with Gasteiger partial charge in [0.25, 0.3) is 0 Å². The standard InChI is InChI=1S/C63H121NO5/c1-3-5-7-9-11-13-15-17-19-21-23-25-27-28-29-30-31-32-33-34-35-37-39-41-43-45-47-49-51-53-55-57-61(67)63(69)64-59(58-65)62(68)60(66)56-54-52-50-48-46-44-42-40-38-36-26-24-22-20-18-16-14-12-10-8-6-4-2/h28-29,40,42,48,50,59-62,65-68H,3-27,30-39,41,43-47,49,51-58H2,1-2H3,(H,64,69)/b29-28-,42-40+,50-48+. The fourth-order valence-corrected chi connectivity index (χ4v) is 9.71. The van der Waals surface area contributed by atoms with Crippen LogP contribution in [0.15, 0.2) is 36.5 Å². The Hall–Kier alpha value is -1.47. The van der Waals surface area contributed by atoms with Crippen molar-refractivity contribution >= 4 is 5.91 Å². The zero-order chi connectivity index (χ0) is 50.2. The maximum absolute atomic E-state index is 12.6. The molecule has 4 unspecified atom stereocenters. The van der Waals surface area contributed by atoms with E-state index in [1.807, 2.05) is 0 Å². The predicted octanol–water partition coefficient (Wildman–Crippen LogP) is 18.4. The highest BCUT2D eigenvalue weighted by Gasteiger charge is 2.28. The van der Waals surface area contributed by atoms with Crippen molar-refractivity contribution in [2.45, 2.75) is 353 Å². The number of carbonyl (C=O) groups excluding carboxylic acids is 1. The Morgan fingerprint density at radius 1 is 0.348 bits per heavy atom. The minimum Gasteiger partial charge on any atom is -0.394 e. The molecule has 0 aromatic carbocycles. The van der Waals surface area contributed by atoms with E-state index >= 15 is 0 Å². The van der Waals surface area contributed by atoms with E-state index in [0.717, 1.165) is 38.5 Å². The summed E-state index contributed by atoms with van der Waals surface area (Å²) in [4.78, 5) is 12.6. The molecule has 6 heteroatoms. The van der Waals surface area contributed by atoms with Gasteiger partial charge in [-0.25, -0.2) is 0 Å². The molecule has 408 valence electrons. The van der Waals surface area contributed by atoms with Gasteiger partial charge in [-0.3, -0.25) is 4.79 Å². The summed E-state index contributed by atoms with van der Waals surface area (Å²) in [5.41, 5.74) is 0. The topological polar surface area (TPSA) is 110 Å². The molecule has 0 saturated heterocycles. The molecule has 0 aromatic heterocycles. The molecule has 0 heterocycles. The number of carbonyl (C=O) groups is 1. The maximum atomic E-state index is 12.6. The zero-order valence-corrected chi connectivity index (χ0v) is 46.3. The molecule has 69 heavy (non-hydrogen) atoms. The molecule has 0 rings (SSSR count). The fourth-order valence-electron chi connectivity index (χ4n) is 9.71. The van der Waals surface area contributed by atoms with Crippen LogP contribution in [-0.4, -0.2) is 57.3 Å². The molecule has 5 N–H and O–H groups in total. The highest BCUT2D eigenvalue weighted by Crippen LogP contribution is 2.18. The van der Waals surface area contributed by atoms with E-state index in [9.17, 15) is 25.2 Å². The summed E-state index contributed by atoms with van der Waals surface area (Å²) in [5.74, 6) is -0.593. The van der Waals surface area contributed by atoms with Gasteiger partial charge in [0.05, 0.1) is 18.8 Å². The van der Waals surface area contributed by atoms with E-state index in [2.05, 4.69) is 55.6 Å². The van der Waals surface area contributed by atoms with Crippen molar-refractivity contribution in [3.8, 4) is 0 Å².